The predicted molar refractivity (Wildman–Crippen MR) is 61.0 cm³/mol. The van der Waals surface area contributed by atoms with Crippen molar-refractivity contribution < 1.29 is 9.32 Å². The number of anilines is 1. The molecule has 1 aliphatic rings. The van der Waals surface area contributed by atoms with Crippen molar-refractivity contribution in [3.05, 3.63) is 5.89 Å². The number of hydrogen-bond acceptors (Lipinski definition) is 6. The van der Waals surface area contributed by atoms with E-state index in [4.69, 9.17) is 16.0 Å². The van der Waals surface area contributed by atoms with Crippen molar-refractivity contribution >= 4 is 11.9 Å². The average Bonchev–Trinajstić information content (AvgIpc) is 2.78. The fourth-order valence-electron chi connectivity index (χ4n) is 1.90. The zero-order valence-electron chi connectivity index (χ0n) is 9.80. The van der Waals surface area contributed by atoms with E-state index in [2.05, 4.69) is 10.1 Å². The van der Waals surface area contributed by atoms with E-state index >= 15 is 0 Å². The van der Waals surface area contributed by atoms with E-state index in [0.717, 1.165) is 12.8 Å². The number of carbonyl (C=O) groups excluding carboxylic acids is 1. The molecule has 94 valence electrons. The Hall–Kier alpha value is -1.63. The fourth-order valence-corrected chi connectivity index (χ4v) is 1.90. The van der Waals surface area contributed by atoms with Gasteiger partial charge in [-0.1, -0.05) is 0 Å². The van der Waals surface area contributed by atoms with Crippen molar-refractivity contribution in [1.82, 2.24) is 10.1 Å². The zero-order valence-corrected chi connectivity index (χ0v) is 9.80. The molecular formula is C10H17N5O2. The molecule has 1 aromatic rings. The van der Waals surface area contributed by atoms with Crippen LogP contribution in [0.2, 0.25) is 0 Å². The third kappa shape index (κ3) is 2.55. The number of aromatic nitrogens is 2. The van der Waals surface area contributed by atoms with Crippen molar-refractivity contribution in [2.75, 3.05) is 18.0 Å². The van der Waals surface area contributed by atoms with Crippen LogP contribution in [0.25, 0.3) is 0 Å². The van der Waals surface area contributed by atoms with Gasteiger partial charge >= 0.3 is 0 Å². The first-order valence-corrected chi connectivity index (χ1v) is 5.71. The van der Waals surface area contributed by atoms with Crippen LogP contribution in [-0.4, -0.2) is 29.1 Å². The maximum absolute atomic E-state index is 11.0. The van der Waals surface area contributed by atoms with Gasteiger partial charge < -0.3 is 20.9 Å². The lowest BCUT2D eigenvalue weighted by atomic mass is 9.97. The van der Waals surface area contributed by atoms with Gasteiger partial charge in [0.05, 0.1) is 6.04 Å². The number of piperidine rings is 1. The Bertz CT molecular complexity index is 395. The van der Waals surface area contributed by atoms with Crippen LogP contribution in [0.5, 0.6) is 0 Å². The first kappa shape index (κ1) is 11.8. The Kier molecular flexibility index (Phi) is 3.28. The number of nitrogens with zero attached hydrogens (tertiary/aromatic N) is 3. The SMILES string of the molecule is C[C@H](N)c1nc(N2CCC(C(N)=O)CC2)no1. The summed E-state index contributed by atoms with van der Waals surface area (Å²) in [5, 5.41) is 3.87. The molecule has 1 saturated heterocycles. The number of hydrogen-bond donors (Lipinski definition) is 2. The van der Waals surface area contributed by atoms with Gasteiger partial charge in [0.25, 0.3) is 5.95 Å². The van der Waals surface area contributed by atoms with Crippen molar-refractivity contribution in [1.29, 1.82) is 0 Å². The van der Waals surface area contributed by atoms with Gasteiger partial charge in [-0.2, -0.15) is 4.98 Å². The molecule has 7 nitrogen and oxygen atoms in total. The van der Waals surface area contributed by atoms with Gasteiger partial charge in [-0.05, 0) is 24.9 Å². The van der Waals surface area contributed by atoms with Crippen LogP contribution >= 0.6 is 0 Å². The van der Waals surface area contributed by atoms with Crippen LogP contribution in [-0.2, 0) is 4.79 Å². The summed E-state index contributed by atoms with van der Waals surface area (Å²) in [6.45, 7) is 3.22. The fraction of sp³-hybridized carbons (Fsp3) is 0.700. The van der Waals surface area contributed by atoms with Crippen LogP contribution in [0.4, 0.5) is 5.95 Å². The highest BCUT2D eigenvalue weighted by molar-refractivity contribution is 5.76. The summed E-state index contributed by atoms with van der Waals surface area (Å²) < 4.78 is 5.03. The van der Waals surface area contributed by atoms with Crippen LogP contribution in [0.3, 0.4) is 0 Å². The second-order valence-electron chi connectivity index (χ2n) is 4.38. The lowest BCUT2D eigenvalue weighted by Gasteiger charge is -2.29. The molecule has 17 heavy (non-hydrogen) atoms. The molecule has 0 radical (unpaired) electrons. The highest BCUT2D eigenvalue weighted by atomic mass is 16.5. The third-order valence-electron chi connectivity index (χ3n) is 3.00. The second kappa shape index (κ2) is 4.70. The summed E-state index contributed by atoms with van der Waals surface area (Å²) in [7, 11) is 0. The number of nitrogens with two attached hydrogens (primary N) is 2. The van der Waals surface area contributed by atoms with E-state index in [9.17, 15) is 4.79 Å². The highest BCUT2D eigenvalue weighted by Gasteiger charge is 2.25. The number of amides is 1. The maximum atomic E-state index is 11.0. The molecule has 2 heterocycles. The van der Waals surface area contributed by atoms with Crippen molar-refractivity contribution in [2.24, 2.45) is 17.4 Å². The quantitative estimate of drug-likeness (QED) is 0.755. The predicted octanol–water partition coefficient (Wildman–Crippen LogP) is -0.209. The summed E-state index contributed by atoms with van der Waals surface area (Å²) >= 11 is 0. The second-order valence-corrected chi connectivity index (χ2v) is 4.38. The van der Waals surface area contributed by atoms with Crippen molar-refractivity contribution in [2.45, 2.75) is 25.8 Å². The molecule has 2 rings (SSSR count). The molecule has 4 N–H and O–H groups in total. The molecule has 7 heteroatoms. The minimum atomic E-state index is -0.264. The van der Waals surface area contributed by atoms with Gasteiger partial charge in [0.15, 0.2) is 0 Å². The highest BCUT2D eigenvalue weighted by Crippen LogP contribution is 2.21. The summed E-state index contributed by atoms with van der Waals surface area (Å²) in [5.41, 5.74) is 10.9. The van der Waals surface area contributed by atoms with Gasteiger partial charge in [-0.3, -0.25) is 4.79 Å². The first-order chi connectivity index (χ1) is 8.08. The molecule has 0 bridgehead atoms. The van der Waals surface area contributed by atoms with Gasteiger partial charge in [0, 0.05) is 19.0 Å². The van der Waals surface area contributed by atoms with Crippen LogP contribution in [0.1, 0.15) is 31.7 Å². The number of rotatable bonds is 3. The van der Waals surface area contributed by atoms with E-state index in [1.54, 1.807) is 6.92 Å². The average molecular weight is 239 g/mol. The lowest BCUT2D eigenvalue weighted by molar-refractivity contribution is -0.122. The lowest BCUT2D eigenvalue weighted by Crippen LogP contribution is -2.39. The maximum Gasteiger partial charge on any atom is 0.266 e. The van der Waals surface area contributed by atoms with E-state index < -0.39 is 0 Å². The van der Waals surface area contributed by atoms with Gasteiger partial charge in [0.2, 0.25) is 11.8 Å². The van der Waals surface area contributed by atoms with E-state index in [-0.39, 0.29) is 17.9 Å². The van der Waals surface area contributed by atoms with Crippen LogP contribution in [0, 0.1) is 5.92 Å². The monoisotopic (exact) mass is 239 g/mol. The Morgan fingerprint density at radius 3 is 2.65 bits per heavy atom. The standard InChI is InChI=1S/C10H17N5O2/c1-6(11)9-13-10(14-17-9)15-4-2-7(3-5-15)8(12)16/h6-7H,2-5,11H2,1H3,(H2,12,16)/t6-/m0/s1. The van der Waals surface area contributed by atoms with Crippen molar-refractivity contribution in [3.8, 4) is 0 Å². The molecule has 1 atom stereocenters. The number of carbonyl (C=O) groups is 1. The Balaban J connectivity index is 1.98. The summed E-state index contributed by atoms with van der Waals surface area (Å²) in [6.07, 6.45) is 1.47. The molecule has 1 aromatic heterocycles. The normalized spacial score (nSPS) is 19.3. The van der Waals surface area contributed by atoms with Gasteiger partial charge in [0.1, 0.15) is 0 Å². The molecule has 0 aromatic carbocycles. The van der Waals surface area contributed by atoms with Crippen LogP contribution in [0.15, 0.2) is 4.52 Å². The Morgan fingerprint density at radius 1 is 1.53 bits per heavy atom. The zero-order chi connectivity index (χ0) is 12.4. The first-order valence-electron chi connectivity index (χ1n) is 5.71. The van der Waals surface area contributed by atoms with Crippen LogP contribution < -0.4 is 16.4 Å². The third-order valence-corrected chi connectivity index (χ3v) is 3.00. The summed E-state index contributed by atoms with van der Waals surface area (Å²) in [4.78, 5) is 17.2. The molecule has 1 fully saturated rings. The van der Waals surface area contributed by atoms with E-state index in [0.29, 0.717) is 24.9 Å². The Labute approximate surface area is 99.1 Å². The molecule has 0 aliphatic carbocycles. The Morgan fingerprint density at radius 2 is 2.18 bits per heavy atom. The topological polar surface area (TPSA) is 111 Å². The molecule has 0 saturated carbocycles. The molecular weight excluding hydrogens is 222 g/mol. The minimum Gasteiger partial charge on any atom is -0.369 e. The minimum absolute atomic E-state index is 0.0361. The number of primary amides is 1. The van der Waals surface area contributed by atoms with E-state index in [1.165, 1.54) is 0 Å². The van der Waals surface area contributed by atoms with Crippen molar-refractivity contribution in [3.63, 3.8) is 0 Å². The largest absolute Gasteiger partial charge is 0.369 e. The molecule has 1 amide bonds. The van der Waals surface area contributed by atoms with Gasteiger partial charge in [-0.15, -0.1) is 0 Å². The van der Waals surface area contributed by atoms with Gasteiger partial charge in [-0.25, -0.2) is 0 Å². The van der Waals surface area contributed by atoms with E-state index in [1.807, 2.05) is 4.90 Å². The molecule has 0 unspecified atom stereocenters. The summed E-state index contributed by atoms with van der Waals surface area (Å²) in [5.74, 6) is 0.706. The molecule has 0 spiro atoms. The molecule has 1 aliphatic heterocycles. The smallest absolute Gasteiger partial charge is 0.266 e. The summed E-state index contributed by atoms with van der Waals surface area (Å²) in [6, 6.07) is -0.264.